The first-order valence-electron chi connectivity index (χ1n) is 6.24. The molecular weight excluding hydrogens is 266 g/mol. The van der Waals surface area contributed by atoms with Gasteiger partial charge >= 0.3 is 5.97 Å². The van der Waals surface area contributed by atoms with Crippen LogP contribution in [0.15, 0.2) is 18.2 Å². The van der Waals surface area contributed by atoms with Gasteiger partial charge in [0.1, 0.15) is 0 Å². The summed E-state index contributed by atoms with van der Waals surface area (Å²) >= 11 is 6.00. The minimum absolute atomic E-state index is 0.0457. The maximum absolute atomic E-state index is 11.3. The van der Waals surface area contributed by atoms with Crippen molar-refractivity contribution in [3.8, 4) is 0 Å². The number of nitrogens with zero attached hydrogens (tertiary/aromatic N) is 1. The Morgan fingerprint density at radius 3 is 2.79 bits per heavy atom. The summed E-state index contributed by atoms with van der Waals surface area (Å²) in [5.41, 5.74) is 0.618. The molecule has 1 heterocycles. The van der Waals surface area contributed by atoms with Crippen molar-refractivity contribution >= 4 is 23.3 Å². The normalized spacial score (nSPS) is 22.3. The van der Waals surface area contributed by atoms with E-state index in [9.17, 15) is 9.90 Å². The second-order valence-corrected chi connectivity index (χ2v) is 5.97. The van der Waals surface area contributed by atoms with Crippen LogP contribution in [0.1, 0.15) is 31.1 Å². The maximum Gasteiger partial charge on any atom is 0.337 e. The van der Waals surface area contributed by atoms with E-state index in [-0.39, 0.29) is 17.3 Å². The second-order valence-electron chi connectivity index (χ2n) is 5.54. The molecule has 0 aliphatic carbocycles. The van der Waals surface area contributed by atoms with Crippen LogP contribution >= 0.6 is 11.6 Å². The molecule has 0 bridgehead atoms. The van der Waals surface area contributed by atoms with Gasteiger partial charge in [0.2, 0.25) is 0 Å². The van der Waals surface area contributed by atoms with Crippen LogP contribution in [0.5, 0.6) is 0 Å². The lowest BCUT2D eigenvalue weighted by Gasteiger charge is -2.43. The fourth-order valence-electron chi connectivity index (χ4n) is 2.58. The highest BCUT2D eigenvalue weighted by molar-refractivity contribution is 6.31. The van der Waals surface area contributed by atoms with Crippen LogP contribution in [0.4, 0.5) is 5.69 Å². The van der Waals surface area contributed by atoms with Gasteiger partial charge in [0, 0.05) is 18.1 Å². The minimum atomic E-state index is -0.941. The van der Waals surface area contributed by atoms with Gasteiger partial charge in [-0.2, -0.15) is 0 Å². The number of hydrogen-bond acceptors (Lipinski definition) is 3. The Balaban J connectivity index is 2.40. The highest BCUT2D eigenvalue weighted by Gasteiger charge is 2.32. The monoisotopic (exact) mass is 283 g/mol. The number of carboxylic acids is 1. The lowest BCUT2D eigenvalue weighted by atomic mass is 10.0. The van der Waals surface area contributed by atoms with Gasteiger partial charge in [-0.3, -0.25) is 0 Å². The van der Waals surface area contributed by atoms with E-state index in [1.54, 1.807) is 18.2 Å². The van der Waals surface area contributed by atoms with Crippen LogP contribution in [-0.2, 0) is 4.74 Å². The largest absolute Gasteiger partial charge is 0.478 e. The van der Waals surface area contributed by atoms with Gasteiger partial charge in [0.15, 0.2) is 0 Å². The van der Waals surface area contributed by atoms with Crippen LogP contribution in [-0.4, -0.2) is 35.9 Å². The molecule has 0 saturated carbocycles. The van der Waals surface area contributed by atoms with Gasteiger partial charge in [-0.25, -0.2) is 4.79 Å². The molecule has 0 amide bonds. The van der Waals surface area contributed by atoms with Crippen LogP contribution in [0.3, 0.4) is 0 Å². The zero-order valence-corrected chi connectivity index (χ0v) is 12.1. The lowest BCUT2D eigenvalue weighted by molar-refractivity contribution is -0.0750. The third-order valence-electron chi connectivity index (χ3n) is 3.10. The molecule has 1 atom stereocenters. The van der Waals surface area contributed by atoms with Gasteiger partial charge in [0.25, 0.3) is 0 Å². The molecule has 1 fully saturated rings. The average Bonchev–Trinajstić information content (AvgIpc) is 2.25. The van der Waals surface area contributed by atoms with E-state index in [0.717, 1.165) is 0 Å². The minimum Gasteiger partial charge on any atom is -0.478 e. The van der Waals surface area contributed by atoms with Crippen LogP contribution in [0.25, 0.3) is 0 Å². The van der Waals surface area contributed by atoms with Gasteiger partial charge in [-0.05, 0) is 39.0 Å². The van der Waals surface area contributed by atoms with Gasteiger partial charge in [0.05, 0.1) is 23.0 Å². The summed E-state index contributed by atoms with van der Waals surface area (Å²) in [6.07, 6.45) is 0.0457. The Bertz CT molecular complexity index is 501. The summed E-state index contributed by atoms with van der Waals surface area (Å²) < 4.78 is 5.83. The predicted octanol–water partition coefficient (Wildman–Crippen LogP) is 3.04. The van der Waals surface area contributed by atoms with E-state index in [2.05, 4.69) is 0 Å². The molecule has 2 rings (SSSR count). The number of carboxylic acid groups (broad SMARTS) is 1. The standard InChI is InChI=1S/C14H18ClNO3/c1-9-7-16(8-14(2,3)19-9)12-6-10(15)4-5-11(12)13(17)18/h4-6,9H,7-8H2,1-3H3,(H,17,18). The zero-order chi connectivity index (χ0) is 14.2. The fraction of sp³-hybridized carbons (Fsp3) is 0.500. The van der Waals surface area contributed by atoms with Crippen LogP contribution in [0, 0.1) is 0 Å². The summed E-state index contributed by atoms with van der Waals surface area (Å²) in [7, 11) is 0. The zero-order valence-electron chi connectivity index (χ0n) is 11.3. The molecule has 0 radical (unpaired) electrons. The molecule has 4 nitrogen and oxygen atoms in total. The number of anilines is 1. The summed E-state index contributed by atoms with van der Waals surface area (Å²) in [6.45, 7) is 7.28. The molecule has 1 aliphatic rings. The third-order valence-corrected chi connectivity index (χ3v) is 3.34. The molecule has 1 aromatic carbocycles. The van der Waals surface area contributed by atoms with E-state index < -0.39 is 5.97 Å². The SMILES string of the molecule is CC1CN(c2cc(Cl)ccc2C(=O)O)CC(C)(C)O1. The fourth-order valence-corrected chi connectivity index (χ4v) is 2.75. The Morgan fingerprint density at radius 2 is 2.21 bits per heavy atom. The number of benzene rings is 1. The highest BCUT2D eigenvalue weighted by atomic mass is 35.5. The molecule has 1 unspecified atom stereocenters. The Morgan fingerprint density at radius 1 is 1.53 bits per heavy atom. The van der Waals surface area contributed by atoms with Crippen molar-refractivity contribution in [2.45, 2.75) is 32.5 Å². The number of morpholine rings is 1. The maximum atomic E-state index is 11.3. The van der Waals surface area contributed by atoms with Crippen molar-refractivity contribution in [1.29, 1.82) is 0 Å². The predicted molar refractivity (Wildman–Crippen MR) is 75.3 cm³/mol. The van der Waals surface area contributed by atoms with E-state index >= 15 is 0 Å². The average molecular weight is 284 g/mol. The first-order chi connectivity index (χ1) is 8.78. The van der Waals surface area contributed by atoms with Crippen molar-refractivity contribution in [2.24, 2.45) is 0 Å². The Hall–Kier alpha value is -1.26. The van der Waals surface area contributed by atoms with Gasteiger partial charge in [-0.1, -0.05) is 11.6 Å². The molecule has 5 heteroatoms. The summed E-state index contributed by atoms with van der Waals surface area (Å²) in [4.78, 5) is 13.3. The van der Waals surface area contributed by atoms with Crippen molar-refractivity contribution in [3.63, 3.8) is 0 Å². The van der Waals surface area contributed by atoms with E-state index in [1.165, 1.54) is 0 Å². The van der Waals surface area contributed by atoms with Crippen molar-refractivity contribution < 1.29 is 14.6 Å². The van der Waals surface area contributed by atoms with E-state index in [4.69, 9.17) is 16.3 Å². The Labute approximate surface area is 117 Å². The quantitative estimate of drug-likeness (QED) is 0.906. The molecule has 1 saturated heterocycles. The lowest BCUT2D eigenvalue weighted by Crippen LogP contribution is -2.52. The van der Waals surface area contributed by atoms with Crippen LogP contribution in [0.2, 0.25) is 5.02 Å². The molecule has 1 aliphatic heterocycles. The number of rotatable bonds is 2. The van der Waals surface area contributed by atoms with Crippen LogP contribution < -0.4 is 4.90 Å². The van der Waals surface area contributed by atoms with E-state index in [0.29, 0.717) is 23.8 Å². The van der Waals surface area contributed by atoms with E-state index in [1.807, 2.05) is 25.7 Å². The number of hydrogen-bond donors (Lipinski definition) is 1. The molecule has 1 N–H and O–H groups in total. The first kappa shape index (κ1) is 14.2. The number of carbonyl (C=O) groups is 1. The molecular formula is C14H18ClNO3. The number of aromatic carboxylic acids is 1. The van der Waals surface area contributed by atoms with Gasteiger partial charge < -0.3 is 14.7 Å². The molecule has 0 spiro atoms. The van der Waals surface area contributed by atoms with Crippen molar-refractivity contribution in [3.05, 3.63) is 28.8 Å². The summed E-state index contributed by atoms with van der Waals surface area (Å²) in [5, 5.41) is 9.82. The molecule has 104 valence electrons. The number of ether oxygens (including phenoxy) is 1. The molecule has 19 heavy (non-hydrogen) atoms. The third kappa shape index (κ3) is 3.19. The number of halogens is 1. The molecule has 0 aromatic heterocycles. The smallest absolute Gasteiger partial charge is 0.337 e. The molecule has 1 aromatic rings. The second kappa shape index (κ2) is 5.02. The summed E-state index contributed by atoms with van der Waals surface area (Å²) in [6, 6.07) is 4.86. The summed E-state index contributed by atoms with van der Waals surface area (Å²) in [5.74, 6) is -0.941. The van der Waals surface area contributed by atoms with Crippen molar-refractivity contribution in [1.82, 2.24) is 0 Å². The van der Waals surface area contributed by atoms with Crippen molar-refractivity contribution in [2.75, 3.05) is 18.0 Å². The highest BCUT2D eigenvalue weighted by Crippen LogP contribution is 2.30. The topological polar surface area (TPSA) is 49.8 Å². The Kier molecular flexibility index (Phi) is 3.74. The van der Waals surface area contributed by atoms with Gasteiger partial charge in [-0.15, -0.1) is 0 Å². The first-order valence-corrected chi connectivity index (χ1v) is 6.62.